The third-order valence-corrected chi connectivity index (χ3v) is 8.40. The van der Waals surface area contributed by atoms with Gasteiger partial charge in [-0.05, 0) is 46.1 Å². The predicted molar refractivity (Wildman–Crippen MR) is 117 cm³/mol. The Morgan fingerprint density at radius 3 is 2.14 bits per heavy atom. The maximum atomic E-state index is 14.0. The highest BCUT2D eigenvalue weighted by Crippen LogP contribution is 2.67. The van der Waals surface area contributed by atoms with Crippen LogP contribution >= 0.6 is 19.4 Å². The molecule has 3 aromatic rings. The lowest BCUT2D eigenvalue weighted by Crippen LogP contribution is -2.13. The average molecular weight is 418 g/mol. The Morgan fingerprint density at radius 1 is 0.964 bits per heavy atom. The minimum atomic E-state index is -3.48. The lowest BCUT2D eigenvalue weighted by Gasteiger charge is -2.29. The molecule has 3 rings (SSSR count). The highest BCUT2D eigenvalue weighted by molar-refractivity contribution is 8.04. The highest BCUT2D eigenvalue weighted by atomic mass is 32.2. The van der Waals surface area contributed by atoms with Gasteiger partial charge in [-0.25, -0.2) is 4.98 Å². The van der Waals surface area contributed by atoms with Gasteiger partial charge in [0.05, 0.1) is 23.6 Å². The number of aromatic nitrogens is 2. The van der Waals surface area contributed by atoms with Crippen LogP contribution < -0.4 is 0 Å². The molecule has 0 amide bonds. The zero-order valence-electron chi connectivity index (χ0n) is 16.9. The maximum Gasteiger partial charge on any atom is 0.350 e. The van der Waals surface area contributed by atoms with Crippen molar-refractivity contribution in [2.24, 2.45) is 0 Å². The molecule has 0 aliphatic rings. The molecule has 0 radical (unpaired) electrons. The molecule has 0 saturated heterocycles. The van der Waals surface area contributed by atoms with E-state index in [0.29, 0.717) is 0 Å². The molecule has 7 heteroatoms. The van der Waals surface area contributed by atoms with E-state index in [-0.39, 0.29) is 12.2 Å². The Morgan fingerprint density at radius 2 is 1.57 bits per heavy atom. The fourth-order valence-electron chi connectivity index (χ4n) is 3.17. The molecule has 0 aliphatic heterocycles. The Bertz CT molecular complexity index is 958. The second-order valence-electron chi connectivity index (χ2n) is 7.08. The zero-order valence-corrected chi connectivity index (χ0v) is 18.6. The summed E-state index contributed by atoms with van der Waals surface area (Å²) in [7, 11) is -3.48. The van der Waals surface area contributed by atoms with Crippen molar-refractivity contribution < 1.29 is 13.6 Å². The molecule has 2 heterocycles. The van der Waals surface area contributed by atoms with E-state index in [0.717, 1.165) is 22.6 Å². The lowest BCUT2D eigenvalue weighted by atomic mass is 10.1. The summed E-state index contributed by atoms with van der Waals surface area (Å²) in [4.78, 5) is 4.33. The van der Waals surface area contributed by atoms with E-state index in [1.54, 1.807) is 0 Å². The molecule has 0 fully saturated rings. The first kappa shape index (κ1) is 21.1. The molecule has 0 aliphatic carbocycles. The second-order valence-corrected chi connectivity index (χ2v) is 10.4. The molecule has 1 atom stereocenters. The number of hydrogen-bond acceptors (Lipinski definition) is 5. The summed E-state index contributed by atoms with van der Waals surface area (Å²) in [6.45, 7) is 7.50. The summed E-state index contributed by atoms with van der Waals surface area (Å²) in [5, 5.41) is 0. The van der Waals surface area contributed by atoms with Crippen molar-refractivity contribution in [3.8, 4) is 11.3 Å². The number of hydrogen-bond donors (Lipinski definition) is 0. The summed E-state index contributed by atoms with van der Waals surface area (Å²) in [6.07, 6.45) is 3.43. The maximum absolute atomic E-state index is 14.0. The van der Waals surface area contributed by atoms with E-state index in [1.165, 1.54) is 11.8 Å². The molecule has 0 spiro atoms. The minimum absolute atomic E-state index is 0.224. The van der Waals surface area contributed by atoms with Crippen molar-refractivity contribution in [1.82, 2.24) is 9.38 Å². The fraction of sp³-hybridized carbons (Fsp3) is 0.381. The molecule has 0 bridgehead atoms. The quantitative estimate of drug-likeness (QED) is 0.396. The van der Waals surface area contributed by atoms with Gasteiger partial charge in [-0.2, -0.15) is 0 Å². The summed E-state index contributed by atoms with van der Waals surface area (Å²) in [6, 6.07) is 15.8. The average Bonchev–Trinajstić information content (AvgIpc) is 3.01. The number of fused-ring (bicyclic) bond motifs is 1. The molecule has 5 nitrogen and oxygen atoms in total. The first-order chi connectivity index (χ1) is 13.4. The molecule has 1 aromatic carbocycles. The van der Waals surface area contributed by atoms with E-state index < -0.39 is 12.6 Å². The third-order valence-electron chi connectivity index (χ3n) is 4.07. The molecule has 0 saturated carbocycles. The molecular formula is C21H27N2O3PS. The number of nitrogens with zero attached hydrogens (tertiary/aromatic N) is 2. The van der Waals surface area contributed by atoms with Crippen LogP contribution in [0.25, 0.3) is 16.9 Å². The number of rotatable bonds is 8. The van der Waals surface area contributed by atoms with Crippen LogP contribution in [0, 0.1) is 0 Å². The van der Waals surface area contributed by atoms with Crippen LogP contribution in [0.15, 0.2) is 54.7 Å². The Labute approximate surface area is 171 Å². The van der Waals surface area contributed by atoms with Gasteiger partial charge in [0.15, 0.2) is 0 Å². The molecule has 28 heavy (non-hydrogen) atoms. The van der Waals surface area contributed by atoms with Crippen molar-refractivity contribution in [3.05, 3.63) is 60.4 Å². The van der Waals surface area contributed by atoms with Crippen molar-refractivity contribution in [3.63, 3.8) is 0 Å². The number of imidazole rings is 1. The number of benzene rings is 1. The Balaban J connectivity index is 2.25. The van der Waals surface area contributed by atoms with Gasteiger partial charge in [0, 0.05) is 11.8 Å². The van der Waals surface area contributed by atoms with Crippen molar-refractivity contribution >= 4 is 25.0 Å². The van der Waals surface area contributed by atoms with E-state index in [9.17, 15) is 4.57 Å². The van der Waals surface area contributed by atoms with Gasteiger partial charge in [-0.3, -0.25) is 4.57 Å². The van der Waals surface area contributed by atoms with Gasteiger partial charge < -0.3 is 13.4 Å². The van der Waals surface area contributed by atoms with E-state index in [4.69, 9.17) is 14.0 Å². The minimum Gasteiger partial charge on any atom is -0.305 e. The van der Waals surface area contributed by atoms with Crippen LogP contribution in [0.1, 0.15) is 38.4 Å². The van der Waals surface area contributed by atoms with Gasteiger partial charge in [0.1, 0.15) is 10.6 Å². The smallest absolute Gasteiger partial charge is 0.305 e. The zero-order chi connectivity index (χ0) is 20.3. The van der Waals surface area contributed by atoms with Crippen LogP contribution in [-0.4, -0.2) is 27.8 Å². The highest BCUT2D eigenvalue weighted by Gasteiger charge is 2.42. The first-order valence-corrected chi connectivity index (χ1v) is 12.3. The summed E-state index contributed by atoms with van der Waals surface area (Å²) in [5.74, 6) is 0. The topological polar surface area (TPSA) is 52.8 Å². The third kappa shape index (κ3) is 4.36. The molecule has 1 unspecified atom stereocenters. The normalized spacial score (nSPS) is 13.5. The molecular weight excluding hydrogens is 391 g/mol. The van der Waals surface area contributed by atoms with Crippen LogP contribution in [0.2, 0.25) is 0 Å². The SMILES string of the molecule is CSC(c1c(-c2ccccc2)nc2ccccn12)P(=O)(OC(C)C)OC(C)C. The van der Waals surface area contributed by atoms with Crippen LogP contribution in [0.3, 0.4) is 0 Å². The molecule has 150 valence electrons. The van der Waals surface area contributed by atoms with Crippen molar-refractivity contribution in [1.29, 1.82) is 0 Å². The number of pyridine rings is 1. The Kier molecular flexibility index (Phi) is 6.66. The first-order valence-electron chi connectivity index (χ1n) is 9.37. The Hall–Kier alpha value is -1.59. The van der Waals surface area contributed by atoms with Gasteiger partial charge in [0.25, 0.3) is 0 Å². The van der Waals surface area contributed by atoms with Crippen LogP contribution in [0.4, 0.5) is 0 Å². The van der Waals surface area contributed by atoms with Crippen LogP contribution in [0.5, 0.6) is 0 Å². The van der Waals surface area contributed by atoms with Gasteiger partial charge in [0.2, 0.25) is 0 Å². The summed E-state index contributed by atoms with van der Waals surface area (Å²) < 4.78 is 27.8. The molecule has 2 aromatic heterocycles. The second kappa shape index (κ2) is 8.83. The fourth-order valence-corrected chi connectivity index (χ4v) is 6.94. The van der Waals surface area contributed by atoms with Gasteiger partial charge in [-0.15, -0.1) is 11.8 Å². The monoisotopic (exact) mass is 418 g/mol. The summed E-state index contributed by atoms with van der Waals surface area (Å²) in [5.41, 5.74) is 3.40. The van der Waals surface area contributed by atoms with E-state index in [2.05, 4.69) is 0 Å². The van der Waals surface area contributed by atoms with E-state index >= 15 is 0 Å². The van der Waals surface area contributed by atoms with E-state index in [1.807, 2.05) is 93.1 Å². The van der Waals surface area contributed by atoms with Gasteiger partial charge in [-0.1, -0.05) is 36.4 Å². The predicted octanol–water partition coefficient (Wildman–Crippen LogP) is 6.41. The van der Waals surface area contributed by atoms with Crippen LogP contribution in [-0.2, 0) is 13.6 Å². The van der Waals surface area contributed by atoms with Gasteiger partial charge >= 0.3 is 7.60 Å². The number of thioether (sulfide) groups is 1. The largest absolute Gasteiger partial charge is 0.350 e. The lowest BCUT2D eigenvalue weighted by molar-refractivity contribution is 0.141. The van der Waals surface area contributed by atoms with Crippen molar-refractivity contribution in [2.45, 2.75) is 44.9 Å². The molecule has 0 N–H and O–H groups in total. The standard InChI is InChI=1S/C21H27N2O3PS/c1-15(2)25-27(24,26-16(3)4)21(28-5)20-19(17-11-7-6-8-12-17)22-18-13-9-10-14-23(18)20/h6-16,21H,1-5H3. The summed E-state index contributed by atoms with van der Waals surface area (Å²) >= 11 is 1.47. The van der Waals surface area contributed by atoms with Crippen molar-refractivity contribution in [2.75, 3.05) is 6.26 Å².